The number of thioether (sulfide) groups is 1. The van der Waals surface area contributed by atoms with Crippen LogP contribution in [0, 0.1) is 6.92 Å². The lowest BCUT2D eigenvalue weighted by Crippen LogP contribution is -2.14. The number of nitrogens with zero attached hydrogens (tertiary/aromatic N) is 4. The normalized spacial score (nSPS) is 11.1. The summed E-state index contributed by atoms with van der Waals surface area (Å²) < 4.78 is 3.08. The molecule has 0 saturated carbocycles. The first-order valence-electron chi connectivity index (χ1n) is 8.92. The van der Waals surface area contributed by atoms with E-state index in [9.17, 15) is 4.79 Å². The van der Waals surface area contributed by atoms with Crippen LogP contribution in [0.2, 0.25) is 0 Å². The number of aryl methyl sites for hydroxylation is 1. The molecule has 6 nitrogen and oxygen atoms in total. The van der Waals surface area contributed by atoms with Crippen LogP contribution in [0.25, 0.3) is 21.6 Å². The Kier molecular flexibility index (Phi) is 5.40. The number of fused-ring (bicyclic) bond motifs is 1. The molecule has 0 aliphatic heterocycles. The van der Waals surface area contributed by atoms with Gasteiger partial charge in [-0.25, -0.2) is 4.98 Å². The second-order valence-corrected chi connectivity index (χ2v) is 8.21. The number of amides is 1. The Labute approximate surface area is 171 Å². The van der Waals surface area contributed by atoms with E-state index < -0.39 is 0 Å². The highest BCUT2D eigenvalue weighted by Gasteiger charge is 2.15. The van der Waals surface area contributed by atoms with Crippen molar-refractivity contribution in [3.05, 3.63) is 54.1 Å². The van der Waals surface area contributed by atoms with Gasteiger partial charge in [-0.3, -0.25) is 4.79 Å². The Hall–Kier alpha value is -2.71. The fraction of sp³-hybridized carbons (Fsp3) is 0.200. The molecule has 0 spiro atoms. The number of carbonyl (C=O) groups excluding carboxylic acids is 1. The van der Waals surface area contributed by atoms with Crippen molar-refractivity contribution in [3.8, 4) is 11.4 Å². The summed E-state index contributed by atoms with van der Waals surface area (Å²) in [7, 11) is 0. The number of anilines is 1. The molecule has 1 amide bonds. The smallest absolute Gasteiger partial charge is 0.236 e. The predicted octanol–water partition coefficient (Wildman–Crippen LogP) is 4.61. The number of benzene rings is 2. The van der Waals surface area contributed by atoms with E-state index in [0.29, 0.717) is 5.13 Å². The average Bonchev–Trinajstić information content (AvgIpc) is 3.29. The van der Waals surface area contributed by atoms with Gasteiger partial charge >= 0.3 is 0 Å². The van der Waals surface area contributed by atoms with Crippen molar-refractivity contribution in [2.24, 2.45) is 0 Å². The molecule has 28 heavy (non-hydrogen) atoms. The van der Waals surface area contributed by atoms with Crippen LogP contribution in [0.3, 0.4) is 0 Å². The third-order valence-electron chi connectivity index (χ3n) is 4.22. The molecule has 0 bridgehead atoms. The lowest BCUT2D eigenvalue weighted by molar-refractivity contribution is -0.113. The molecule has 0 fully saturated rings. The van der Waals surface area contributed by atoms with Gasteiger partial charge in [0.1, 0.15) is 0 Å². The number of carbonyl (C=O) groups is 1. The van der Waals surface area contributed by atoms with Crippen LogP contribution < -0.4 is 5.32 Å². The highest BCUT2D eigenvalue weighted by atomic mass is 32.2. The van der Waals surface area contributed by atoms with Gasteiger partial charge in [-0.2, -0.15) is 0 Å². The highest BCUT2D eigenvalue weighted by Crippen LogP contribution is 2.27. The first-order valence-corrected chi connectivity index (χ1v) is 10.7. The van der Waals surface area contributed by atoms with Gasteiger partial charge in [0.25, 0.3) is 0 Å². The number of aromatic nitrogens is 4. The first-order chi connectivity index (χ1) is 13.6. The van der Waals surface area contributed by atoms with Crippen molar-refractivity contribution in [1.29, 1.82) is 0 Å². The summed E-state index contributed by atoms with van der Waals surface area (Å²) in [5.74, 6) is 0.963. The van der Waals surface area contributed by atoms with Crippen LogP contribution in [0.5, 0.6) is 0 Å². The van der Waals surface area contributed by atoms with E-state index in [2.05, 4.69) is 39.6 Å². The molecule has 0 aliphatic carbocycles. The van der Waals surface area contributed by atoms with Gasteiger partial charge in [-0.05, 0) is 26.0 Å². The SMILES string of the molecule is CCn1c(SCC(=O)Nc2nc3ccccc3s2)nnc1-c1ccc(C)cc1. The van der Waals surface area contributed by atoms with Crippen molar-refractivity contribution in [2.75, 3.05) is 11.1 Å². The van der Waals surface area contributed by atoms with Crippen molar-refractivity contribution < 1.29 is 4.79 Å². The minimum atomic E-state index is -0.105. The zero-order chi connectivity index (χ0) is 19.5. The van der Waals surface area contributed by atoms with Crippen LogP contribution in [-0.2, 0) is 11.3 Å². The largest absolute Gasteiger partial charge is 0.302 e. The van der Waals surface area contributed by atoms with E-state index in [1.165, 1.54) is 28.7 Å². The molecule has 4 rings (SSSR count). The molecule has 142 valence electrons. The van der Waals surface area contributed by atoms with Crippen LogP contribution in [-0.4, -0.2) is 31.4 Å². The van der Waals surface area contributed by atoms with E-state index in [4.69, 9.17) is 0 Å². The van der Waals surface area contributed by atoms with Gasteiger partial charge in [0.05, 0.1) is 16.0 Å². The Morgan fingerprint density at radius 3 is 2.68 bits per heavy atom. The minimum absolute atomic E-state index is 0.105. The van der Waals surface area contributed by atoms with Gasteiger partial charge in [-0.15, -0.1) is 10.2 Å². The topological polar surface area (TPSA) is 72.7 Å². The van der Waals surface area contributed by atoms with E-state index in [-0.39, 0.29) is 11.7 Å². The molecule has 0 atom stereocenters. The number of hydrogen-bond donors (Lipinski definition) is 1. The van der Waals surface area contributed by atoms with Crippen molar-refractivity contribution in [3.63, 3.8) is 0 Å². The summed E-state index contributed by atoms with van der Waals surface area (Å²) >= 11 is 2.85. The minimum Gasteiger partial charge on any atom is -0.302 e. The molecule has 2 heterocycles. The number of rotatable bonds is 6. The van der Waals surface area contributed by atoms with E-state index >= 15 is 0 Å². The molecule has 2 aromatic heterocycles. The molecular formula is C20H19N5OS2. The third kappa shape index (κ3) is 3.93. The lowest BCUT2D eigenvalue weighted by atomic mass is 10.1. The molecule has 0 unspecified atom stereocenters. The molecule has 0 saturated heterocycles. The quantitative estimate of drug-likeness (QED) is 0.471. The Morgan fingerprint density at radius 2 is 1.93 bits per heavy atom. The average molecular weight is 410 g/mol. The van der Waals surface area contributed by atoms with E-state index in [1.807, 2.05) is 47.9 Å². The van der Waals surface area contributed by atoms with Gasteiger partial charge in [0.15, 0.2) is 16.1 Å². The van der Waals surface area contributed by atoms with Crippen molar-refractivity contribution in [1.82, 2.24) is 19.7 Å². The zero-order valence-electron chi connectivity index (χ0n) is 15.5. The molecule has 8 heteroatoms. The Balaban J connectivity index is 1.44. The van der Waals surface area contributed by atoms with Crippen LogP contribution >= 0.6 is 23.1 Å². The van der Waals surface area contributed by atoms with Crippen molar-refractivity contribution >= 4 is 44.4 Å². The zero-order valence-corrected chi connectivity index (χ0v) is 17.2. The number of nitrogens with one attached hydrogen (secondary N) is 1. The summed E-state index contributed by atoms with van der Waals surface area (Å²) in [6, 6.07) is 16.0. The fourth-order valence-electron chi connectivity index (χ4n) is 2.81. The molecule has 1 N–H and O–H groups in total. The summed E-state index contributed by atoms with van der Waals surface area (Å²) in [5, 5.41) is 12.8. The van der Waals surface area contributed by atoms with Gasteiger partial charge in [0.2, 0.25) is 5.91 Å². The van der Waals surface area contributed by atoms with Gasteiger partial charge in [-0.1, -0.05) is 65.1 Å². The number of thiazole rings is 1. The third-order valence-corrected chi connectivity index (χ3v) is 6.13. The molecule has 0 aliphatic rings. The summed E-state index contributed by atoms with van der Waals surface area (Å²) in [6.07, 6.45) is 0. The maximum Gasteiger partial charge on any atom is 0.236 e. The van der Waals surface area contributed by atoms with Crippen LogP contribution in [0.1, 0.15) is 12.5 Å². The van der Waals surface area contributed by atoms with Crippen molar-refractivity contribution in [2.45, 2.75) is 25.5 Å². The van der Waals surface area contributed by atoms with Gasteiger partial charge in [0, 0.05) is 12.1 Å². The predicted molar refractivity (Wildman–Crippen MR) is 115 cm³/mol. The van der Waals surface area contributed by atoms with E-state index in [0.717, 1.165) is 33.3 Å². The number of para-hydroxylation sites is 1. The molecular weight excluding hydrogens is 390 g/mol. The second-order valence-electron chi connectivity index (χ2n) is 6.24. The lowest BCUT2D eigenvalue weighted by Gasteiger charge is -2.07. The standard InChI is InChI=1S/C20H19N5OS2/c1-3-25-18(14-10-8-13(2)9-11-14)23-24-20(25)27-12-17(26)22-19-21-15-6-4-5-7-16(15)28-19/h4-11H,3,12H2,1-2H3,(H,21,22,26). The summed E-state index contributed by atoms with van der Waals surface area (Å²) in [5.41, 5.74) is 3.11. The highest BCUT2D eigenvalue weighted by molar-refractivity contribution is 7.99. The van der Waals surface area contributed by atoms with E-state index in [1.54, 1.807) is 0 Å². The summed E-state index contributed by atoms with van der Waals surface area (Å²) in [4.78, 5) is 16.8. The number of hydrogen-bond acceptors (Lipinski definition) is 6. The van der Waals surface area contributed by atoms with Crippen LogP contribution in [0.15, 0.2) is 53.7 Å². The summed E-state index contributed by atoms with van der Waals surface area (Å²) in [6.45, 7) is 4.84. The maximum absolute atomic E-state index is 12.4. The first kappa shape index (κ1) is 18.6. The monoisotopic (exact) mass is 409 g/mol. The molecule has 2 aromatic carbocycles. The van der Waals surface area contributed by atoms with Gasteiger partial charge < -0.3 is 9.88 Å². The Morgan fingerprint density at radius 1 is 1.14 bits per heavy atom. The van der Waals surface area contributed by atoms with Crippen LogP contribution in [0.4, 0.5) is 5.13 Å². The molecule has 4 aromatic rings. The second kappa shape index (κ2) is 8.12. The Bertz CT molecular complexity index is 1080. The maximum atomic E-state index is 12.4. The molecule has 0 radical (unpaired) electrons. The fourth-order valence-corrected chi connectivity index (χ4v) is 4.49.